The molecule has 0 radical (unpaired) electrons. The highest BCUT2D eigenvalue weighted by atomic mass is 32.2. The number of hydrogen-bond acceptors (Lipinski definition) is 9. The number of anilines is 3. The Bertz CT molecular complexity index is 1290. The number of nitrogens with zero attached hydrogens (tertiary/aromatic N) is 8. The Hall–Kier alpha value is -3.38. The van der Waals surface area contributed by atoms with Crippen LogP contribution in [-0.4, -0.2) is 90.0 Å². The monoisotopic (exact) mass is 556 g/mol. The zero-order valence-corrected chi connectivity index (χ0v) is 22.6. The predicted octanol–water partition coefficient (Wildman–Crippen LogP) is 4.31. The third kappa shape index (κ3) is 6.27. The molecule has 2 aliphatic rings. The maximum Gasteiger partial charge on any atom is 0.419 e. The zero-order valence-electron chi connectivity index (χ0n) is 21.8. The van der Waals surface area contributed by atoms with Gasteiger partial charge in [-0.05, 0) is 30.5 Å². The van der Waals surface area contributed by atoms with Crippen molar-refractivity contribution in [3.05, 3.63) is 60.8 Å². The Morgan fingerprint density at radius 1 is 0.872 bits per heavy atom. The van der Waals surface area contributed by atoms with E-state index in [2.05, 4.69) is 27.4 Å². The summed E-state index contributed by atoms with van der Waals surface area (Å²) in [5, 5.41) is 0. The molecule has 0 spiro atoms. The first-order valence-electron chi connectivity index (χ1n) is 12.9. The van der Waals surface area contributed by atoms with Gasteiger partial charge in [-0.25, -0.2) is 4.98 Å². The lowest BCUT2D eigenvalue weighted by Gasteiger charge is -2.37. The number of alkyl halides is 3. The number of benzene rings is 1. The zero-order chi connectivity index (χ0) is 27.4. The number of piperazine rings is 2. The molecule has 2 aliphatic heterocycles. The smallest absolute Gasteiger partial charge is 0.353 e. The largest absolute Gasteiger partial charge is 0.419 e. The van der Waals surface area contributed by atoms with E-state index >= 15 is 0 Å². The highest BCUT2D eigenvalue weighted by Crippen LogP contribution is 2.35. The summed E-state index contributed by atoms with van der Waals surface area (Å²) >= 11 is 1.65. The van der Waals surface area contributed by atoms with Crippen LogP contribution in [0.2, 0.25) is 0 Å². The molecule has 39 heavy (non-hydrogen) atoms. The molecule has 8 nitrogen and oxygen atoms in total. The van der Waals surface area contributed by atoms with E-state index in [9.17, 15) is 13.2 Å². The second kappa shape index (κ2) is 11.8. The topological polar surface area (TPSA) is 64.5 Å². The molecule has 5 rings (SSSR count). The van der Waals surface area contributed by atoms with Crippen LogP contribution in [0.1, 0.15) is 5.56 Å². The third-order valence-corrected chi connectivity index (χ3v) is 7.66. The van der Waals surface area contributed by atoms with Gasteiger partial charge in [-0.1, -0.05) is 18.2 Å². The summed E-state index contributed by atoms with van der Waals surface area (Å²) in [6.45, 7) is 9.71. The summed E-state index contributed by atoms with van der Waals surface area (Å²) in [6, 6.07) is 10.5. The molecule has 0 aliphatic carbocycles. The van der Waals surface area contributed by atoms with Crippen LogP contribution < -0.4 is 14.7 Å². The second-order valence-electron chi connectivity index (χ2n) is 9.41. The minimum Gasteiger partial charge on any atom is -0.353 e. The van der Waals surface area contributed by atoms with Crippen LogP contribution in [-0.2, 0) is 6.18 Å². The third-order valence-electron chi connectivity index (χ3n) is 6.94. The minimum atomic E-state index is -4.46. The quantitative estimate of drug-likeness (QED) is 0.313. The van der Waals surface area contributed by atoms with Crippen LogP contribution in [0.5, 0.6) is 0 Å². The SMILES string of the molecule is C=CCN1CCN(c2nc(-c3cccc(SC)c3)nc(N3CCN(c4ncccc4C(F)(F)F)CC3)n2)CC1. The summed E-state index contributed by atoms with van der Waals surface area (Å²) in [4.78, 5) is 27.9. The van der Waals surface area contributed by atoms with Crippen molar-refractivity contribution in [3.8, 4) is 11.4 Å². The molecule has 2 fully saturated rings. The first-order valence-corrected chi connectivity index (χ1v) is 14.1. The molecule has 0 amide bonds. The summed E-state index contributed by atoms with van der Waals surface area (Å²) in [5.41, 5.74) is 0.187. The van der Waals surface area contributed by atoms with Crippen LogP contribution in [0.4, 0.5) is 30.9 Å². The van der Waals surface area contributed by atoms with Crippen molar-refractivity contribution in [2.75, 3.05) is 79.9 Å². The van der Waals surface area contributed by atoms with Gasteiger partial charge in [-0.15, -0.1) is 18.3 Å². The van der Waals surface area contributed by atoms with E-state index in [1.807, 2.05) is 35.4 Å². The van der Waals surface area contributed by atoms with Crippen molar-refractivity contribution >= 4 is 29.5 Å². The van der Waals surface area contributed by atoms with Crippen LogP contribution in [0, 0.1) is 0 Å². The number of pyridine rings is 1. The Morgan fingerprint density at radius 3 is 2.13 bits per heavy atom. The Morgan fingerprint density at radius 2 is 1.51 bits per heavy atom. The van der Waals surface area contributed by atoms with E-state index in [1.165, 1.54) is 12.3 Å². The molecule has 2 saturated heterocycles. The molecule has 12 heteroatoms. The molecule has 0 atom stereocenters. The van der Waals surface area contributed by atoms with Gasteiger partial charge in [0.05, 0.1) is 5.56 Å². The first kappa shape index (κ1) is 27.2. The number of rotatable bonds is 7. The van der Waals surface area contributed by atoms with Gasteiger partial charge in [0.25, 0.3) is 0 Å². The van der Waals surface area contributed by atoms with Crippen LogP contribution in [0.15, 0.2) is 60.1 Å². The van der Waals surface area contributed by atoms with Gasteiger partial charge in [0.2, 0.25) is 11.9 Å². The van der Waals surface area contributed by atoms with Gasteiger partial charge in [0.15, 0.2) is 5.82 Å². The van der Waals surface area contributed by atoms with E-state index in [0.717, 1.165) is 49.2 Å². The van der Waals surface area contributed by atoms with Crippen LogP contribution in [0.3, 0.4) is 0 Å². The molecular formula is C27H31F3N8S. The van der Waals surface area contributed by atoms with Crippen LogP contribution in [0.25, 0.3) is 11.4 Å². The lowest BCUT2D eigenvalue weighted by Crippen LogP contribution is -2.49. The number of aromatic nitrogens is 4. The second-order valence-corrected chi connectivity index (χ2v) is 10.3. The van der Waals surface area contributed by atoms with Crippen molar-refractivity contribution in [1.29, 1.82) is 0 Å². The highest BCUT2D eigenvalue weighted by molar-refractivity contribution is 7.98. The van der Waals surface area contributed by atoms with E-state index in [1.54, 1.807) is 16.7 Å². The van der Waals surface area contributed by atoms with E-state index in [0.29, 0.717) is 43.9 Å². The Kier molecular flexibility index (Phi) is 8.22. The predicted molar refractivity (Wildman–Crippen MR) is 150 cm³/mol. The van der Waals surface area contributed by atoms with Gasteiger partial charge in [0, 0.05) is 75.6 Å². The molecule has 1 aromatic carbocycles. The van der Waals surface area contributed by atoms with Gasteiger partial charge < -0.3 is 14.7 Å². The summed E-state index contributed by atoms with van der Waals surface area (Å²) in [5.74, 6) is 1.71. The standard InChI is InChI=1S/C27H31F3N8S/c1-3-10-35-11-13-37(14-12-35)25-32-23(20-6-4-7-21(19-20)39-2)33-26(34-25)38-17-15-36(16-18-38)24-22(27(28,29)30)8-5-9-31-24/h3-9,19H,1,10-18H2,2H3. The molecule has 206 valence electrons. The highest BCUT2D eigenvalue weighted by Gasteiger charge is 2.36. The fraction of sp³-hybridized carbons (Fsp3) is 0.407. The lowest BCUT2D eigenvalue weighted by atomic mass is 10.2. The van der Waals surface area contributed by atoms with Gasteiger partial charge in [0.1, 0.15) is 5.82 Å². The summed E-state index contributed by atoms with van der Waals surface area (Å²) in [6.07, 6.45) is 0.881. The van der Waals surface area contributed by atoms with Crippen molar-refractivity contribution in [3.63, 3.8) is 0 Å². The molecule has 3 aromatic rings. The molecule has 0 unspecified atom stereocenters. The molecule has 0 saturated carbocycles. The maximum absolute atomic E-state index is 13.6. The van der Waals surface area contributed by atoms with Crippen molar-refractivity contribution < 1.29 is 13.2 Å². The normalized spacial score (nSPS) is 17.0. The Balaban J connectivity index is 1.40. The summed E-state index contributed by atoms with van der Waals surface area (Å²) < 4.78 is 40.7. The Labute approximate surface area is 230 Å². The first-order chi connectivity index (χ1) is 18.9. The molecular weight excluding hydrogens is 525 g/mol. The maximum atomic E-state index is 13.6. The number of thioether (sulfide) groups is 1. The molecule has 0 bridgehead atoms. The van der Waals surface area contributed by atoms with E-state index in [-0.39, 0.29) is 5.82 Å². The van der Waals surface area contributed by atoms with Gasteiger partial charge in [-0.3, -0.25) is 4.90 Å². The molecule has 4 heterocycles. The fourth-order valence-corrected chi connectivity index (χ4v) is 5.29. The average molecular weight is 557 g/mol. The minimum absolute atomic E-state index is 0.0343. The lowest BCUT2D eigenvalue weighted by molar-refractivity contribution is -0.137. The number of hydrogen-bond donors (Lipinski definition) is 0. The van der Waals surface area contributed by atoms with Crippen molar-refractivity contribution in [2.45, 2.75) is 11.1 Å². The van der Waals surface area contributed by atoms with Crippen molar-refractivity contribution in [1.82, 2.24) is 24.8 Å². The number of halogens is 3. The van der Waals surface area contributed by atoms with Crippen LogP contribution >= 0.6 is 11.8 Å². The summed E-state index contributed by atoms with van der Waals surface area (Å²) in [7, 11) is 0. The molecule has 2 aromatic heterocycles. The van der Waals surface area contributed by atoms with E-state index in [4.69, 9.17) is 15.0 Å². The van der Waals surface area contributed by atoms with Gasteiger partial charge in [-0.2, -0.15) is 28.1 Å². The van der Waals surface area contributed by atoms with Gasteiger partial charge >= 0.3 is 6.18 Å². The fourth-order valence-electron chi connectivity index (χ4n) is 4.83. The average Bonchev–Trinajstić information content (AvgIpc) is 2.97. The van der Waals surface area contributed by atoms with E-state index < -0.39 is 11.7 Å². The van der Waals surface area contributed by atoms with Crippen molar-refractivity contribution in [2.24, 2.45) is 0 Å². The molecule has 0 N–H and O–H groups in total.